The Hall–Kier alpha value is -0.610. The minimum Gasteiger partial charge on any atom is -0.459 e. The molecule has 0 aromatic carbocycles. The molecule has 0 heterocycles. The fraction of sp³-hybridized carbons (Fsp3) is 0.875. The number of ether oxygens (including phenoxy) is 1. The average Bonchev–Trinajstić information content (AvgIpc) is 1.84. The van der Waals surface area contributed by atoms with Gasteiger partial charge in [0.05, 0.1) is 0 Å². The number of rotatable bonds is 4. The molecule has 0 unspecified atom stereocenters. The summed E-state index contributed by atoms with van der Waals surface area (Å²) in [7, 11) is 0. The van der Waals surface area contributed by atoms with Crippen molar-refractivity contribution in [3.8, 4) is 0 Å². The number of carbonyl (C=O) groups is 1. The van der Waals surface area contributed by atoms with Gasteiger partial charge in [0.1, 0.15) is 12.1 Å². The molecule has 0 fully saturated rings. The van der Waals surface area contributed by atoms with Crippen LogP contribution in [0.2, 0.25) is 0 Å². The highest BCUT2D eigenvalue weighted by Gasteiger charge is 2.15. The molecule has 12 heavy (non-hydrogen) atoms. The zero-order valence-electron chi connectivity index (χ0n) is 8.18. The van der Waals surface area contributed by atoms with Crippen molar-refractivity contribution < 1.29 is 9.53 Å². The van der Waals surface area contributed by atoms with Crippen LogP contribution in [-0.2, 0) is 9.53 Å². The number of hydrogen-bond acceptors (Lipinski definition) is 3. The Morgan fingerprint density at radius 1 is 1.50 bits per heavy atom. The van der Waals surface area contributed by atoms with E-state index in [0.29, 0.717) is 6.54 Å². The second-order valence-electron chi connectivity index (χ2n) is 3.40. The Balaban J connectivity index is 3.47. The van der Waals surface area contributed by atoms with Crippen LogP contribution in [0.5, 0.6) is 0 Å². The summed E-state index contributed by atoms with van der Waals surface area (Å²) < 4.78 is 5.02. The molecule has 0 rings (SSSR count). The third-order valence-corrected chi connectivity index (χ3v) is 0.913. The van der Waals surface area contributed by atoms with Gasteiger partial charge in [-0.05, 0) is 27.7 Å². The van der Waals surface area contributed by atoms with Crippen molar-refractivity contribution in [2.24, 2.45) is 0 Å². The summed E-state index contributed by atoms with van der Waals surface area (Å²) in [4.78, 5) is 11.0. The summed E-state index contributed by atoms with van der Waals surface area (Å²) >= 11 is 0. The van der Waals surface area contributed by atoms with Gasteiger partial charge >= 0.3 is 5.97 Å². The van der Waals surface area contributed by atoms with Crippen molar-refractivity contribution in [2.75, 3.05) is 13.1 Å². The number of hydrogen-bond donors (Lipinski definition) is 1. The van der Waals surface area contributed by atoms with Crippen molar-refractivity contribution in [1.82, 2.24) is 10.9 Å². The maximum Gasteiger partial charge on any atom is 0.321 e. The third-order valence-electron chi connectivity index (χ3n) is 0.913. The van der Waals surface area contributed by atoms with Crippen LogP contribution < -0.4 is 10.9 Å². The zero-order chi connectivity index (χ0) is 9.61. The normalized spacial score (nSPS) is 11.3. The van der Waals surface area contributed by atoms with E-state index in [-0.39, 0.29) is 12.5 Å². The summed E-state index contributed by atoms with van der Waals surface area (Å²) in [5, 5.41) is 0. The Labute approximate surface area is 73.6 Å². The summed E-state index contributed by atoms with van der Waals surface area (Å²) in [6.07, 6.45) is 0. The highest BCUT2D eigenvalue weighted by atomic mass is 16.6. The quantitative estimate of drug-likeness (QED) is 0.381. The van der Waals surface area contributed by atoms with Gasteiger partial charge in [0, 0.05) is 6.54 Å². The van der Waals surface area contributed by atoms with Crippen LogP contribution in [0.25, 0.3) is 0 Å². The van der Waals surface area contributed by atoms with E-state index in [1.165, 1.54) is 0 Å². The van der Waals surface area contributed by atoms with Crippen molar-refractivity contribution in [3.63, 3.8) is 0 Å². The summed E-state index contributed by atoms with van der Waals surface area (Å²) in [5.41, 5.74) is 5.99. The first-order chi connectivity index (χ1) is 5.45. The predicted octanol–water partition coefficient (Wildman–Crippen LogP) is 0.457. The van der Waals surface area contributed by atoms with Crippen molar-refractivity contribution >= 4 is 5.97 Å². The minimum atomic E-state index is -0.412. The molecule has 0 spiro atoms. The van der Waals surface area contributed by atoms with Gasteiger partial charge < -0.3 is 4.74 Å². The topological polar surface area (TPSA) is 52.4 Å². The Morgan fingerprint density at radius 2 is 2.08 bits per heavy atom. The smallest absolute Gasteiger partial charge is 0.321 e. The lowest BCUT2D eigenvalue weighted by atomic mass is 10.2. The number of esters is 1. The third kappa shape index (κ3) is 7.50. The molecule has 71 valence electrons. The van der Waals surface area contributed by atoms with Gasteiger partial charge in [0.25, 0.3) is 0 Å². The average molecular weight is 173 g/mol. The molecule has 0 atom stereocenters. The number of nitrogens with one attached hydrogen (secondary N) is 1. The molecular weight excluding hydrogens is 156 g/mol. The lowest BCUT2D eigenvalue weighted by molar-refractivity contribution is -0.153. The van der Waals surface area contributed by atoms with Crippen LogP contribution in [0.4, 0.5) is 0 Å². The van der Waals surface area contributed by atoms with Crippen LogP contribution >= 0.6 is 0 Å². The second kappa shape index (κ2) is 5.11. The van der Waals surface area contributed by atoms with Crippen molar-refractivity contribution in [2.45, 2.75) is 33.3 Å². The van der Waals surface area contributed by atoms with Crippen molar-refractivity contribution in [1.29, 1.82) is 0 Å². The second-order valence-corrected chi connectivity index (χ2v) is 3.40. The van der Waals surface area contributed by atoms with E-state index in [2.05, 4.69) is 10.9 Å². The molecular formula is C8H17N2O2. The van der Waals surface area contributed by atoms with Gasteiger partial charge in [0.2, 0.25) is 0 Å². The molecule has 1 radical (unpaired) electrons. The van der Waals surface area contributed by atoms with Crippen LogP contribution in [0.3, 0.4) is 0 Å². The van der Waals surface area contributed by atoms with Crippen LogP contribution in [-0.4, -0.2) is 24.7 Å². The number of carbonyl (C=O) groups excluding carboxylic acids is 1. The SMILES string of the molecule is CC[N]NCC(=O)OC(C)(C)C. The molecule has 0 saturated heterocycles. The first-order valence-corrected chi connectivity index (χ1v) is 4.07. The van der Waals surface area contributed by atoms with Crippen LogP contribution in [0.1, 0.15) is 27.7 Å². The lowest BCUT2D eigenvalue weighted by Crippen LogP contribution is -2.35. The standard InChI is InChI=1S/C8H17N2O2/c1-5-9-10-6-7(11)12-8(2,3)4/h10H,5-6H2,1-4H3. The lowest BCUT2D eigenvalue weighted by Gasteiger charge is -2.19. The maximum atomic E-state index is 11.0. The Morgan fingerprint density at radius 3 is 2.50 bits per heavy atom. The van der Waals surface area contributed by atoms with E-state index in [0.717, 1.165) is 0 Å². The molecule has 1 N–H and O–H groups in total. The van der Waals surface area contributed by atoms with Gasteiger partial charge in [0.15, 0.2) is 0 Å². The number of nitrogens with zero attached hydrogens (tertiary/aromatic N) is 1. The molecule has 0 aromatic rings. The van der Waals surface area contributed by atoms with Crippen molar-refractivity contribution in [3.05, 3.63) is 0 Å². The predicted molar refractivity (Wildman–Crippen MR) is 46.5 cm³/mol. The van der Waals surface area contributed by atoms with E-state index in [9.17, 15) is 4.79 Å². The fourth-order valence-electron chi connectivity index (χ4n) is 0.610. The molecule has 4 nitrogen and oxygen atoms in total. The first kappa shape index (κ1) is 11.4. The molecule has 0 aromatic heterocycles. The van der Waals surface area contributed by atoms with E-state index in [1.807, 2.05) is 27.7 Å². The molecule has 0 aliphatic heterocycles. The van der Waals surface area contributed by atoms with Crippen LogP contribution in [0, 0.1) is 0 Å². The summed E-state index contributed by atoms with van der Waals surface area (Å²) in [6, 6.07) is 0. The highest BCUT2D eigenvalue weighted by Crippen LogP contribution is 2.05. The summed E-state index contributed by atoms with van der Waals surface area (Å²) in [6.45, 7) is 8.20. The Kier molecular flexibility index (Phi) is 4.85. The fourth-order valence-corrected chi connectivity index (χ4v) is 0.610. The van der Waals surface area contributed by atoms with Gasteiger partial charge in [-0.1, -0.05) is 0 Å². The maximum absolute atomic E-state index is 11.0. The largest absolute Gasteiger partial charge is 0.459 e. The van der Waals surface area contributed by atoms with E-state index in [4.69, 9.17) is 4.74 Å². The van der Waals surface area contributed by atoms with E-state index < -0.39 is 5.60 Å². The Bertz CT molecular complexity index is 140. The first-order valence-electron chi connectivity index (χ1n) is 4.07. The van der Waals surface area contributed by atoms with Crippen LogP contribution in [0.15, 0.2) is 0 Å². The molecule has 0 aliphatic rings. The van der Waals surface area contributed by atoms with Gasteiger partial charge in [-0.2, -0.15) is 5.43 Å². The summed E-state index contributed by atoms with van der Waals surface area (Å²) in [5.74, 6) is -0.278. The zero-order valence-corrected chi connectivity index (χ0v) is 8.18. The molecule has 0 aliphatic carbocycles. The van der Waals surface area contributed by atoms with E-state index >= 15 is 0 Å². The van der Waals surface area contributed by atoms with Gasteiger partial charge in [-0.3, -0.25) is 4.79 Å². The van der Waals surface area contributed by atoms with E-state index in [1.54, 1.807) is 0 Å². The highest BCUT2D eigenvalue weighted by molar-refractivity contribution is 5.71. The molecule has 4 heteroatoms. The molecule has 0 saturated carbocycles. The van der Waals surface area contributed by atoms with Gasteiger partial charge in [-0.15, -0.1) is 0 Å². The molecule has 0 amide bonds. The monoisotopic (exact) mass is 173 g/mol. The van der Waals surface area contributed by atoms with Gasteiger partial charge in [-0.25, -0.2) is 5.43 Å². The molecule has 0 bridgehead atoms. The minimum absolute atomic E-state index is 0.144.